The van der Waals surface area contributed by atoms with Gasteiger partial charge in [0.25, 0.3) is 5.79 Å². The molecule has 0 bridgehead atoms. The van der Waals surface area contributed by atoms with Crippen LogP contribution in [0.1, 0.15) is 57.1 Å². The van der Waals surface area contributed by atoms with Crippen LogP contribution in [0.2, 0.25) is 0 Å². The minimum absolute atomic E-state index is 0.0766. The third kappa shape index (κ3) is 19.7. The van der Waals surface area contributed by atoms with Crippen molar-refractivity contribution in [1.29, 1.82) is 0 Å². The van der Waals surface area contributed by atoms with Crippen LogP contribution >= 0.6 is 0 Å². The molecule has 462 valence electrons. The van der Waals surface area contributed by atoms with Crippen molar-refractivity contribution >= 4 is 24.2 Å². The third-order valence-corrected chi connectivity index (χ3v) is 13.7. The van der Waals surface area contributed by atoms with Crippen molar-refractivity contribution in [2.75, 3.05) is 39.5 Å². The van der Waals surface area contributed by atoms with Gasteiger partial charge in [-0.1, -0.05) is 29.5 Å². The fraction of sp³-hybridized carbons (Fsp3) is 0.783. The minimum Gasteiger partial charge on any atom is -0.477 e. The Bertz CT molecular complexity index is 2340. The summed E-state index contributed by atoms with van der Waals surface area (Å²) in [4.78, 5) is 59.1. The van der Waals surface area contributed by atoms with Crippen LogP contribution in [0.4, 0.5) is 0 Å². The molecule has 36 nitrogen and oxygen atoms in total. The highest BCUT2D eigenvalue weighted by atomic mass is 16.7. The first-order valence-corrected chi connectivity index (χ1v) is 25.7. The Morgan fingerprint density at radius 3 is 1.38 bits per heavy atom. The lowest BCUT2D eigenvalue weighted by molar-refractivity contribution is -0.315. The van der Waals surface area contributed by atoms with E-state index in [4.69, 9.17) is 47.6 Å². The topological polar surface area (TPSA) is 528 Å². The summed E-state index contributed by atoms with van der Waals surface area (Å²) in [5.41, 5.74) is 0.982. The summed E-state index contributed by atoms with van der Waals surface area (Å²) in [6, 6.07) is -1.38. The smallest absolute Gasteiger partial charge is 0.373 e. The maximum Gasteiger partial charge on any atom is 0.373 e. The molecular formula is C46H73N11O25. The van der Waals surface area contributed by atoms with Crippen molar-refractivity contribution in [2.24, 2.45) is 11.8 Å². The number of aliphatic hydroxyl groups excluding tert-OH is 12. The number of carbonyl (C=O) groups excluding carboxylic acids is 5. The number of aliphatic hydroxyl groups is 12. The summed E-state index contributed by atoms with van der Waals surface area (Å²) in [6.45, 7) is 3.39. The quantitative estimate of drug-likeness (QED) is 0.0307. The van der Waals surface area contributed by atoms with Gasteiger partial charge in [0.05, 0.1) is 114 Å². The lowest BCUT2D eigenvalue weighted by Gasteiger charge is -2.46. The van der Waals surface area contributed by atoms with E-state index in [0.717, 1.165) is 6.92 Å². The molecule has 6 heterocycles. The second-order valence-corrected chi connectivity index (χ2v) is 19.6. The van der Waals surface area contributed by atoms with Crippen LogP contribution < -0.4 is 5.32 Å². The van der Waals surface area contributed by atoms with E-state index >= 15 is 0 Å². The van der Waals surface area contributed by atoms with Gasteiger partial charge in [0.15, 0.2) is 12.6 Å². The lowest BCUT2D eigenvalue weighted by Crippen LogP contribution is -2.67. The Balaban J connectivity index is 0.00000230. The SMILES string of the molecule is CC(=O)N[C@H]1C(C(O)C(O)CO)O[C@@](OCc2cn(CCN(CCn3cc(CO[C@@H]4C[C@@H](O)[C@@H](C)C(C(O)C(O)CO)O4)nn3)CCn3cc(CO[C@@H]4C[C@@H](O)[C@@H](C)C(C(O)C(O)CO)O4)nn3)nn2)(C(=O)O)C[C@H]1O.O=C=O.O=C=O. The zero-order valence-electron chi connectivity index (χ0n) is 44.8. The number of carboxylic acids is 1. The number of rotatable bonds is 29. The van der Waals surface area contributed by atoms with Gasteiger partial charge in [-0.2, -0.15) is 19.2 Å². The largest absolute Gasteiger partial charge is 0.477 e. The van der Waals surface area contributed by atoms with Crippen molar-refractivity contribution < 1.29 is 124 Å². The summed E-state index contributed by atoms with van der Waals surface area (Å²) in [6.07, 6.45) is -14.1. The van der Waals surface area contributed by atoms with Crippen molar-refractivity contribution in [2.45, 2.75) is 177 Å². The lowest BCUT2D eigenvalue weighted by atomic mass is 9.87. The third-order valence-electron chi connectivity index (χ3n) is 13.7. The van der Waals surface area contributed by atoms with Crippen molar-refractivity contribution in [3.63, 3.8) is 0 Å². The van der Waals surface area contributed by atoms with Crippen LogP contribution in [0.15, 0.2) is 18.6 Å². The summed E-state index contributed by atoms with van der Waals surface area (Å²) >= 11 is 0. The maximum atomic E-state index is 12.7. The van der Waals surface area contributed by atoms with Crippen molar-refractivity contribution in [3.8, 4) is 0 Å². The number of hydrogen-bond donors (Lipinski definition) is 14. The molecule has 36 heteroatoms. The number of hydrogen-bond acceptors (Lipinski definition) is 31. The summed E-state index contributed by atoms with van der Waals surface area (Å²) in [7, 11) is 0. The van der Waals surface area contributed by atoms with E-state index < -0.39 is 154 Å². The maximum absolute atomic E-state index is 12.7. The number of aliphatic carboxylic acids is 1. The van der Waals surface area contributed by atoms with Crippen molar-refractivity contribution in [3.05, 3.63) is 35.7 Å². The molecule has 3 aliphatic heterocycles. The number of carboxylic acid groups (broad SMARTS) is 1. The molecule has 1 amide bonds. The van der Waals surface area contributed by atoms with E-state index in [1.54, 1.807) is 35.6 Å². The first-order valence-electron chi connectivity index (χ1n) is 25.7. The molecule has 3 aromatic rings. The van der Waals surface area contributed by atoms with Gasteiger partial charge in [-0.05, 0) is 0 Å². The van der Waals surface area contributed by atoms with E-state index in [-0.39, 0.29) is 50.6 Å². The molecule has 3 fully saturated rings. The standard InChI is InChI=1S/C44H73N11O21.2CO2/c1-22-28(60)10-34(74-40(22)37(66)31(63)16-56)71-19-25-13-53(49-46-25)7-4-52(5-8-54-14-26(47-50-54)20-72-35-11-29(61)23(2)41(75-35)38(67)32(64)17-57)6-9-55-15-27(48-51-55)21-73-44(43(69)70)12-30(62)36(45-24(3)59)42(76-44)39(68)33(65)18-58;2*2-1-3/h13-15,22-23,28-42,56-58,60-68H,4-12,16-21H2,1-3H3,(H,45,59)(H,69,70);;/t22-,23-,28-,29-,30-,31?,32?,33?,34+,35+,36-,37?,38?,39?,40?,41?,42?,44-;;/m1../s1. The van der Waals surface area contributed by atoms with Gasteiger partial charge in [0.1, 0.15) is 59.8 Å². The summed E-state index contributed by atoms with van der Waals surface area (Å²) in [5, 5.41) is 160. The van der Waals surface area contributed by atoms with Crippen molar-refractivity contribution in [1.82, 2.24) is 55.2 Å². The van der Waals surface area contributed by atoms with Gasteiger partial charge in [-0.25, -0.2) is 4.79 Å². The van der Waals surface area contributed by atoms with E-state index in [9.17, 15) is 76.0 Å². The monoisotopic (exact) mass is 1180 g/mol. The molecule has 0 aliphatic carbocycles. The van der Waals surface area contributed by atoms with E-state index in [0.29, 0.717) is 44.1 Å². The predicted octanol–water partition coefficient (Wildman–Crippen LogP) is -8.65. The van der Waals surface area contributed by atoms with E-state index in [2.05, 4.69) is 36.3 Å². The zero-order valence-corrected chi connectivity index (χ0v) is 44.8. The van der Waals surface area contributed by atoms with Gasteiger partial charge < -0.3 is 100 Å². The molecule has 3 aromatic heterocycles. The zero-order chi connectivity index (χ0) is 60.8. The Hall–Kier alpha value is -5.64. The highest BCUT2D eigenvalue weighted by molar-refractivity contribution is 5.76. The van der Waals surface area contributed by atoms with Crippen LogP contribution in [0.5, 0.6) is 0 Å². The minimum atomic E-state index is -2.60. The molecule has 18 atom stereocenters. The normalized spacial score (nSPS) is 28.6. The molecule has 3 saturated heterocycles. The van der Waals surface area contributed by atoms with Gasteiger partial charge in [-0.15, -0.1) is 15.3 Å². The average molecular weight is 1180 g/mol. The average Bonchev–Trinajstić information content (AvgIpc) is 3.95. The second kappa shape index (κ2) is 33.6. The molecular weight excluding hydrogens is 1110 g/mol. The number of carbonyl (C=O) groups is 2. The Labute approximate surface area is 466 Å². The molecule has 0 radical (unpaired) electrons. The Morgan fingerprint density at radius 2 is 1.02 bits per heavy atom. The Kier molecular flexibility index (Phi) is 28.2. The number of nitrogens with zero attached hydrogens (tertiary/aromatic N) is 10. The summed E-state index contributed by atoms with van der Waals surface area (Å²) in [5.74, 6) is -6.06. The number of nitrogens with one attached hydrogen (secondary N) is 1. The second-order valence-electron chi connectivity index (χ2n) is 19.6. The fourth-order valence-corrected chi connectivity index (χ4v) is 9.06. The van der Waals surface area contributed by atoms with Crippen LogP contribution in [0, 0.1) is 11.8 Å². The van der Waals surface area contributed by atoms with Crippen LogP contribution in [-0.2, 0) is 96.6 Å². The summed E-state index contributed by atoms with van der Waals surface area (Å²) < 4.78 is 39.4. The first kappa shape index (κ1) is 68.9. The number of aromatic nitrogens is 9. The molecule has 3 aliphatic rings. The molecule has 6 rings (SSSR count). The molecule has 82 heavy (non-hydrogen) atoms. The first-order chi connectivity index (χ1) is 39.0. The predicted molar refractivity (Wildman–Crippen MR) is 259 cm³/mol. The molecule has 9 unspecified atom stereocenters. The van der Waals surface area contributed by atoms with Crippen LogP contribution in [0.25, 0.3) is 0 Å². The fourth-order valence-electron chi connectivity index (χ4n) is 9.06. The molecule has 0 aromatic carbocycles. The molecule has 0 saturated carbocycles. The number of amides is 1. The molecule has 14 N–H and O–H groups in total. The van der Waals surface area contributed by atoms with Crippen LogP contribution in [-0.4, -0.2) is 278 Å². The highest BCUT2D eigenvalue weighted by Crippen LogP contribution is 2.35. The van der Waals surface area contributed by atoms with Gasteiger partial charge in [0.2, 0.25) is 5.91 Å². The highest BCUT2D eigenvalue weighted by Gasteiger charge is 2.56. The van der Waals surface area contributed by atoms with Gasteiger partial charge in [-0.3, -0.25) is 23.7 Å². The van der Waals surface area contributed by atoms with Crippen LogP contribution in [0.3, 0.4) is 0 Å². The van der Waals surface area contributed by atoms with Gasteiger partial charge in [0, 0.05) is 57.7 Å². The van der Waals surface area contributed by atoms with E-state index in [1.165, 1.54) is 10.9 Å². The van der Waals surface area contributed by atoms with Gasteiger partial charge >= 0.3 is 18.3 Å². The number of ether oxygens (including phenoxy) is 6. The molecule has 0 spiro atoms. The van der Waals surface area contributed by atoms with E-state index in [1.807, 2.05) is 4.90 Å². The Morgan fingerprint density at radius 1 is 0.659 bits per heavy atom.